The molecule has 2 aliphatic rings. The molecule has 2 N–H and O–H groups in total. The summed E-state index contributed by atoms with van der Waals surface area (Å²) in [5.74, 6) is 1.21. The molecule has 0 aromatic heterocycles. The third kappa shape index (κ3) is 3.82. The van der Waals surface area contributed by atoms with Gasteiger partial charge in [0.15, 0.2) is 0 Å². The molecule has 0 spiro atoms. The van der Waals surface area contributed by atoms with Gasteiger partial charge in [0.05, 0.1) is 0 Å². The number of nitrogens with two attached hydrogens (primary N) is 1. The Morgan fingerprint density at radius 3 is 1.52 bits per heavy atom. The molecule has 2 aliphatic heterocycles. The van der Waals surface area contributed by atoms with Gasteiger partial charge in [-0.2, -0.15) is 0 Å². The quantitative estimate of drug-likeness (QED) is 0.624. The number of anilines is 3. The van der Waals surface area contributed by atoms with Crippen molar-refractivity contribution in [2.24, 2.45) is 0 Å². The van der Waals surface area contributed by atoms with Gasteiger partial charge in [-0.1, -0.05) is 60.7 Å². The first-order valence-corrected chi connectivity index (χ1v) is 10.8. The van der Waals surface area contributed by atoms with Crippen molar-refractivity contribution in [3.8, 4) is 0 Å². The fourth-order valence-corrected chi connectivity index (χ4v) is 4.97. The molecule has 0 amide bonds. The second-order valence-corrected chi connectivity index (χ2v) is 8.47. The summed E-state index contributed by atoms with van der Waals surface area (Å²) in [4.78, 5) is 5.00. The van der Waals surface area contributed by atoms with Crippen LogP contribution in [0.15, 0.2) is 78.9 Å². The number of rotatable bonds is 4. The second-order valence-electron chi connectivity index (χ2n) is 8.47. The number of hydrogen-bond acceptors (Lipinski definition) is 3. The van der Waals surface area contributed by atoms with E-state index >= 15 is 0 Å². The molecule has 2 fully saturated rings. The maximum absolute atomic E-state index is 6.33. The third-order valence-electron chi connectivity index (χ3n) is 6.57. The molecule has 29 heavy (non-hydrogen) atoms. The van der Waals surface area contributed by atoms with Crippen molar-refractivity contribution in [1.29, 1.82) is 0 Å². The highest BCUT2D eigenvalue weighted by atomic mass is 15.2. The normalized spacial score (nSPS) is 21.7. The molecule has 148 valence electrons. The van der Waals surface area contributed by atoms with Crippen LogP contribution < -0.4 is 15.5 Å². The molecule has 2 unspecified atom stereocenters. The highest BCUT2D eigenvalue weighted by Crippen LogP contribution is 2.36. The zero-order valence-corrected chi connectivity index (χ0v) is 16.9. The lowest BCUT2D eigenvalue weighted by molar-refractivity contribution is 0.774. The van der Waals surface area contributed by atoms with Crippen LogP contribution in [0.2, 0.25) is 0 Å². The fourth-order valence-electron chi connectivity index (χ4n) is 4.97. The third-order valence-corrected chi connectivity index (χ3v) is 6.57. The smallest absolute Gasteiger partial charge is 0.0407 e. The van der Waals surface area contributed by atoms with Gasteiger partial charge in [-0.05, 0) is 42.2 Å². The summed E-state index contributed by atoms with van der Waals surface area (Å²) in [6.45, 7) is 4.32. The van der Waals surface area contributed by atoms with Gasteiger partial charge < -0.3 is 15.5 Å². The van der Waals surface area contributed by atoms with Crippen LogP contribution in [0, 0.1) is 0 Å². The van der Waals surface area contributed by atoms with Crippen molar-refractivity contribution in [2.75, 3.05) is 41.7 Å². The summed E-state index contributed by atoms with van der Waals surface area (Å²) >= 11 is 0. The van der Waals surface area contributed by atoms with Crippen LogP contribution in [-0.4, -0.2) is 26.2 Å². The lowest BCUT2D eigenvalue weighted by Crippen LogP contribution is -2.22. The molecule has 0 bridgehead atoms. The summed E-state index contributed by atoms with van der Waals surface area (Å²) < 4.78 is 0. The minimum atomic E-state index is 0.607. The van der Waals surface area contributed by atoms with E-state index in [0.29, 0.717) is 11.8 Å². The average molecular weight is 384 g/mol. The average Bonchev–Trinajstić information content (AvgIpc) is 3.45. The van der Waals surface area contributed by atoms with Crippen molar-refractivity contribution >= 4 is 17.1 Å². The van der Waals surface area contributed by atoms with Gasteiger partial charge in [0.1, 0.15) is 0 Å². The number of nitrogen functional groups attached to an aromatic ring is 1. The van der Waals surface area contributed by atoms with Crippen LogP contribution in [0.1, 0.15) is 35.8 Å². The second kappa shape index (κ2) is 7.82. The summed E-state index contributed by atoms with van der Waals surface area (Å²) in [5.41, 5.74) is 12.6. The van der Waals surface area contributed by atoms with Gasteiger partial charge in [0.2, 0.25) is 0 Å². The number of hydrogen-bond donors (Lipinski definition) is 1. The molecule has 2 atom stereocenters. The maximum atomic E-state index is 6.33. The van der Waals surface area contributed by atoms with Crippen LogP contribution in [-0.2, 0) is 0 Å². The molecule has 0 saturated carbocycles. The van der Waals surface area contributed by atoms with E-state index in [1.165, 1.54) is 35.3 Å². The molecule has 3 nitrogen and oxygen atoms in total. The van der Waals surface area contributed by atoms with E-state index in [0.717, 1.165) is 31.9 Å². The van der Waals surface area contributed by atoms with Gasteiger partial charge >= 0.3 is 0 Å². The molecule has 3 aromatic rings. The van der Waals surface area contributed by atoms with E-state index < -0.39 is 0 Å². The van der Waals surface area contributed by atoms with Gasteiger partial charge in [-0.3, -0.25) is 0 Å². The van der Waals surface area contributed by atoms with Crippen molar-refractivity contribution in [1.82, 2.24) is 0 Å². The van der Waals surface area contributed by atoms with Crippen LogP contribution >= 0.6 is 0 Å². The summed E-state index contributed by atoms with van der Waals surface area (Å²) in [7, 11) is 0. The predicted molar refractivity (Wildman–Crippen MR) is 123 cm³/mol. The lowest BCUT2D eigenvalue weighted by atomic mass is 9.99. The predicted octanol–water partition coefficient (Wildman–Crippen LogP) is 5.26. The molecular formula is C26H29N3. The molecule has 2 saturated heterocycles. The number of nitrogens with zero attached hydrogens (tertiary/aromatic N) is 2. The molecule has 3 aromatic carbocycles. The molecule has 3 heteroatoms. The van der Waals surface area contributed by atoms with E-state index in [1.807, 2.05) is 0 Å². The van der Waals surface area contributed by atoms with Crippen molar-refractivity contribution in [3.63, 3.8) is 0 Å². The summed E-state index contributed by atoms with van der Waals surface area (Å²) in [6.07, 6.45) is 2.40. The van der Waals surface area contributed by atoms with E-state index in [9.17, 15) is 0 Å². The first-order valence-electron chi connectivity index (χ1n) is 10.8. The lowest BCUT2D eigenvalue weighted by Gasteiger charge is -2.24. The van der Waals surface area contributed by atoms with Gasteiger partial charge in [-0.15, -0.1) is 0 Å². The van der Waals surface area contributed by atoms with Crippen LogP contribution in [0.3, 0.4) is 0 Å². The van der Waals surface area contributed by atoms with Crippen LogP contribution in [0.25, 0.3) is 0 Å². The minimum absolute atomic E-state index is 0.607. The fraction of sp³-hybridized carbons (Fsp3) is 0.308. The van der Waals surface area contributed by atoms with Crippen LogP contribution in [0.4, 0.5) is 17.1 Å². The Bertz CT molecular complexity index is 878. The molecule has 2 heterocycles. The Balaban J connectivity index is 1.32. The summed E-state index contributed by atoms with van der Waals surface area (Å²) in [5, 5.41) is 0. The topological polar surface area (TPSA) is 32.5 Å². The molecule has 0 radical (unpaired) electrons. The zero-order valence-electron chi connectivity index (χ0n) is 16.9. The Labute approximate surface area is 173 Å². The largest absolute Gasteiger partial charge is 0.399 e. The van der Waals surface area contributed by atoms with E-state index in [2.05, 4.69) is 88.7 Å². The number of benzene rings is 3. The van der Waals surface area contributed by atoms with Gasteiger partial charge in [0.25, 0.3) is 0 Å². The Morgan fingerprint density at radius 2 is 1.07 bits per heavy atom. The Hall–Kier alpha value is -2.94. The Morgan fingerprint density at radius 1 is 0.621 bits per heavy atom. The van der Waals surface area contributed by atoms with E-state index in [-0.39, 0.29) is 0 Å². The first-order chi connectivity index (χ1) is 14.3. The molecule has 0 aliphatic carbocycles. The van der Waals surface area contributed by atoms with Crippen molar-refractivity contribution in [3.05, 3.63) is 90.0 Å². The van der Waals surface area contributed by atoms with Crippen molar-refractivity contribution < 1.29 is 0 Å². The molecular weight excluding hydrogens is 354 g/mol. The highest BCUT2D eigenvalue weighted by molar-refractivity contribution is 5.68. The zero-order chi connectivity index (χ0) is 19.6. The van der Waals surface area contributed by atoms with E-state index in [1.54, 1.807) is 0 Å². The summed E-state index contributed by atoms with van der Waals surface area (Å²) in [6, 6.07) is 28.4. The Kier molecular flexibility index (Phi) is 4.89. The standard InChI is InChI=1S/C26H29N3/c27-24-15-25(28-13-11-22(18-28)20-7-3-1-4-8-20)17-26(16-24)29-14-12-23(19-29)21-9-5-2-6-10-21/h1-10,15-17,22-23H,11-14,18-19,27H2. The maximum Gasteiger partial charge on any atom is 0.0407 e. The monoisotopic (exact) mass is 383 g/mol. The van der Waals surface area contributed by atoms with Crippen LogP contribution in [0.5, 0.6) is 0 Å². The van der Waals surface area contributed by atoms with Gasteiger partial charge in [0, 0.05) is 55.1 Å². The SMILES string of the molecule is Nc1cc(N2CCC(c3ccccc3)C2)cc(N2CCC(c3ccccc3)C2)c1. The highest BCUT2D eigenvalue weighted by Gasteiger charge is 2.27. The molecule has 5 rings (SSSR count). The van der Waals surface area contributed by atoms with Gasteiger partial charge in [-0.25, -0.2) is 0 Å². The van der Waals surface area contributed by atoms with E-state index in [4.69, 9.17) is 5.73 Å². The first kappa shape index (κ1) is 18.1. The minimum Gasteiger partial charge on any atom is -0.399 e. The van der Waals surface area contributed by atoms with Crippen molar-refractivity contribution in [2.45, 2.75) is 24.7 Å².